The number of carbonyl (C=O) groups is 1. The number of nitrogens with zero attached hydrogens (tertiary/aromatic N) is 1. The molecule has 3 aromatic rings. The molecule has 0 spiro atoms. The second-order valence-electron chi connectivity index (χ2n) is 5.20. The van der Waals surface area contributed by atoms with Crippen LogP contribution in [0.15, 0.2) is 49.6 Å². The smallest absolute Gasteiger partial charge is 0.355 e. The first-order chi connectivity index (χ1) is 12.8. The van der Waals surface area contributed by atoms with E-state index in [1.54, 1.807) is 31.2 Å². The lowest BCUT2D eigenvalue weighted by molar-refractivity contribution is 0.0736. The molecule has 11 heteroatoms. The Labute approximate surface area is 167 Å². The van der Waals surface area contributed by atoms with E-state index in [1.165, 1.54) is 18.6 Å². The summed E-state index contributed by atoms with van der Waals surface area (Å²) < 4.78 is 43.2. The molecule has 0 amide bonds. The third kappa shape index (κ3) is 4.15. The van der Waals surface area contributed by atoms with Crippen LogP contribution in [0.3, 0.4) is 0 Å². The van der Waals surface area contributed by atoms with Crippen LogP contribution in [0.4, 0.5) is 5.88 Å². The Morgan fingerprint density at radius 3 is 2.48 bits per heavy atom. The predicted molar refractivity (Wildman–Crippen MR) is 102 cm³/mol. The predicted octanol–water partition coefficient (Wildman–Crippen LogP) is 3.84. The van der Waals surface area contributed by atoms with Crippen LogP contribution < -0.4 is 14.2 Å². The van der Waals surface area contributed by atoms with Gasteiger partial charge in [-0.3, -0.25) is 0 Å². The third-order valence-corrected chi connectivity index (χ3v) is 6.72. The van der Waals surface area contributed by atoms with Crippen molar-refractivity contribution in [2.24, 2.45) is 0 Å². The van der Waals surface area contributed by atoms with E-state index in [2.05, 4.69) is 25.8 Å². The molecular weight excluding hydrogens is 460 g/mol. The minimum atomic E-state index is -4.08. The van der Waals surface area contributed by atoms with Gasteiger partial charge in [0.1, 0.15) is 25.7 Å². The van der Waals surface area contributed by atoms with Crippen LogP contribution in [0, 0.1) is 6.92 Å². The molecule has 0 radical (unpaired) electrons. The minimum Gasteiger partial charge on any atom is -0.497 e. The van der Waals surface area contributed by atoms with Gasteiger partial charge < -0.3 is 14.0 Å². The Bertz CT molecular complexity index is 1070. The van der Waals surface area contributed by atoms with Crippen LogP contribution in [0.2, 0.25) is 0 Å². The second kappa shape index (κ2) is 7.71. The van der Waals surface area contributed by atoms with Crippen LogP contribution in [-0.4, -0.2) is 26.7 Å². The molecule has 0 saturated carbocycles. The highest BCUT2D eigenvalue weighted by molar-refractivity contribution is 9.10. The number of esters is 1. The van der Waals surface area contributed by atoms with Crippen molar-refractivity contribution in [2.75, 3.05) is 11.8 Å². The second-order valence-corrected chi connectivity index (χ2v) is 8.56. The molecule has 1 aromatic carbocycles. The molecule has 0 unspecified atom stereocenters. The summed E-state index contributed by atoms with van der Waals surface area (Å²) >= 11 is 4.14. The zero-order chi connectivity index (χ0) is 19.6. The van der Waals surface area contributed by atoms with Gasteiger partial charge in [-0.15, -0.1) is 11.3 Å². The SMILES string of the molecule is COc1ccc(OC(=O)c2sccc2S(=O)(=O)Nc2onc(C)c2Br)cc1. The fourth-order valence-electron chi connectivity index (χ4n) is 2.05. The third-order valence-electron chi connectivity index (χ3n) is 3.39. The first kappa shape index (κ1) is 19.4. The number of ether oxygens (including phenoxy) is 2. The molecule has 0 aliphatic rings. The molecule has 0 aliphatic heterocycles. The lowest BCUT2D eigenvalue weighted by Crippen LogP contribution is -2.17. The average molecular weight is 473 g/mol. The van der Waals surface area contributed by atoms with Crippen molar-refractivity contribution in [3.63, 3.8) is 0 Å². The Kier molecular flexibility index (Phi) is 5.53. The fourth-order valence-corrected chi connectivity index (χ4v) is 4.72. The van der Waals surface area contributed by atoms with E-state index in [1.807, 2.05) is 0 Å². The molecular formula is C16H13BrN2O6S2. The van der Waals surface area contributed by atoms with E-state index in [0.717, 1.165) is 11.3 Å². The van der Waals surface area contributed by atoms with Gasteiger partial charge >= 0.3 is 5.97 Å². The van der Waals surface area contributed by atoms with E-state index in [0.29, 0.717) is 15.9 Å². The molecule has 3 rings (SSSR count). The number of methoxy groups -OCH3 is 1. The van der Waals surface area contributed by atoms with Crippen molar-refractivity contribution in [1.82, 2.24) is 5.16 Å². The number of rotatable bonds is 6. The van der Waals surface area contributed by atoms with E-state index in [9.17, 15) is 13.2 Å². The highest BCUT2D eigenvalue weighted by Gasteiger charge is 2.27. The number of thiophene rings is 1. The van der Waals surface area contributed by atoms with Gasteiger partial charge in [0.05, 0.1) is 12.8 Å². The number of hydrogen-bond acceptors (Lipinski definition) is 8. The lowest BCUT2D eigenvalue weighted by atomic mass is 10.3. The Balaban J connectivity index is 1.83. The van der Waals surface area contributed by atoms with Crippen LogP contribution in [0.25, 0.3) is 0 Å². The van der Waals surface area contributed by atoms with Gasteiger partial charge in [0, 0.05) is 0 Å². The van der Waals surface area contributed by atoms with E-state index >= 15 is 0 Å². The van der Waals surface area contributed by atoms with Gasteiger partial charge in [-0.25, -0.2) is 17.9 Å². The van der Waals surface area contributed by atoms with Crippen molar-refractivity contribution < 1.29 is 27.2 Å². The highest BCUT2D eigenvalue weighted by atomic mass is 79.9. The summed E-state index contributed by atoms with van der Waals surface area (Å²) in [5.74, 6) is 0.00181. The van der Waals surface area contributed by atoms with Gasteiger partial charge in [-0.1, -0.05) is 5.16 Å². The maximum Gasteiger partial charge on any atom is 0.355 e. The molecule has 142 valence electrons. The van der Waals surface area contributed by atoms with Crippen molar-refractivity contribution in [3.8, 4) is 11.5 Å². The summed E-state index contributed by atoms with van der Waals surface area (Å²) in [6, 6.07) is 7.66. The molecule has 27 heavy (non-hydrogen) atoms. The number of hydrogen-bond donors (Lipinski definition) is 1. The zero-order valence-corrected chi connectivity index (χ0v) is 17.3. The van der Waals surface area contributed by atoms with Gasteiger partial charge in [-0.05, 0) is 58.6 Å². The van der Waals surface area contributed by atoms with Gasteiger partial charge in [0.25, 0.3) is 15.9 Å². The molecule has 0 bridgehead atoms. The number of halogens is 1. The summed E-state index contributed by atoms with van der Waals surface area (Å²) in [5.41, 5.74) is 0.483. The van der Waals surface area contributed by atoms with Crippen LogP contribution in [-0.2, 0) is 10.0 Å². The highest BCUT2D eigenvalue weighted by Crippen LogP contribution is 2.30. The number of aryl methyl sites for hydroxylation is 1. The number of aromatic nitrogens is 1. The number of sulfonamides is 1. The fraction of sp³-hybridized carbons (Fsp3) is 0.125. The Morgan fingerprint density at radius 1 is 1.22 bits per heavy atom. The zero-order valence-electron chi connectivity index (χ0n) is 14.1. The molecule has 2 aromatic heterocycles. The summed E-state index contributed by atoms with van der Waals surface area (Å²) in [7, 11) is -2.56. The first-order valence-electron chi connectivity index (χ1n) is 7.40. The molecule has 2 heterocycles. The summed E-state index contributed by atoms with van der Waals surface area (Å²) in [6.07, 6.45) is 0. The molecule has 0 saturated heterocycles. The number of anilines is 1. The van der Waals surface area contributed by atoms with Crippen molar-refractivity contribution >= 4 is 49.1 Å². The number of carbonyl (C=O) groups excluding carboxylic acids is 1. The topological polar surface area (TPSA) is 108 Å². The number of nitrogens with one attached hydrogen (secondary N) is 1. The lowest BCUT2D eigenvalue weighted by Gasteiger charge is -2.07. The summed E-state index contributed by atoms with van der Waals surface area (Å²) in [6.45, 7) is 1.65. The normalized spacial score (nSPS) is 11.2. The largest absolute Gasteiger partial charge is 0.497 e. The summed E-state index contributed by atoms with van der Waals surface area (Å²) in [5, 5.41) is 5.15. The van der Waals surface area contributed by atoms with E-state index in [4.69, 9.17) is 14.0 Å². The summed E-state index contributed by atoms with van der Waals surface area (Å²) in [4.78, 5) is 12.2. The molecule has 0 aliphatic carbocycles. The average Bonchev–Trinajstić information content (AvgIpc) is 3.26. The van der Waals surface area contributed by atoms with Crippen LogP contribution in [0.5, 0.6) is 11.5 Å². The van der Waals surface area contributed by atoms with Crippen molar-refractivity contribution in [3.05, 3.63) is 50.8 Å². The monoisotopic (exact) mass is 472 g/mol. The van der Waals surface area contributed by atoms with Crippen molar-refractivity contribution in [1.29, 1.82) is 0 Å². The van der Waals surface area contributed by atoms with Crippen LogP contribution >= 0.6 is 27.3 Å². The van der Waals surface area contributed by atoms with Crippen molar-refractivity contribution in [2.45, 2.75) is 11.8 Å². The maximum absolute atomic E-state index is 12.6. The van der Waals surface area contributed by atoms with Gasteiger partial charge in [0.2, 0.25) is 0 Å². The maximum atomic E-state index is 12.6. The molecule has 1 N–H and O–H groups in total. The standard InChI is InChI=1S/C16H13BrN2O6S2/c1-9-13(17)15(25-18-9)19-27(21,22)12-7-8-26-14(12)16(20)24-11-5-3-10(23-2)4-6-11/h3-8,19H,1-2H3. The van der Waals surface area contributed by atoms with Gasteiger partial charge in [-0.2, -0.15) is 0 Å². The van der Waals surface area contributed by atoms with Gasteiger partial charge in [0.15, 0.2) is 0 Å². The molecule has 0 atom stereocenters. The quantitative estimate of drug-likeness (QED) is 0.428. The molecule has 8 nitrogen and oxygen atoms in total. The number of benzene rings is 1. The van der Waals surface area contributed by atoms with Crippen LogP contribution in [0.1, 0.15) is 15.4 Å². The Hall–Kier alpha value is -2.37. The van der Waals surface area contributed by atoms with E-state index in [-0.39, 0.29) is 21.4 Å². The first-order valence-corrected chi connectivity index (χ1v) is 10.6. The molecule has 0 fully saturated rings. The Morgan fingerprint density at radius 2 is 1.89 bits per heavy atom. The minimum absolute atomic E-state index is 0.0642. The van der Waals surface area contributed by atoms with E-state index < -0.39 is 16.0 Å².